The fraction of sp³-hybridized carbons (Fsp3) is 0.579. The second-order valence-corrected chi connectivity index (χ2v) is 9.22. The number of rotatable bonds is 1. The summed E-state index contributed by atoms with van der Waals surface area (Å²) in [5.41, 5.74) is 0.268. The largest absolute Gasteiger partial charge is 0.497 e. The number of Topliss-reactive ketones (excluding diaryl/α,β-unsaturated/α-hetero) is 1. The molecule has 1 aromatic rings. The van der Waals surface area contributed by atoms with Crippen molar-refractivity contribution in [1.82, 2.24) is 4.90 Å². The maximum Gasteiger partial charge on any atom is 0.410 e. The van der Waals surface area contributed by atoms with E-state index in [-0.39, 0.29) is 16.6 Å². The standard InChI is InChI=1S/C19H25NO4S/c1-18(2,3)24-17(22)20-9-7-19(8-10-20)12-15(21)14-11-13(23-4)5-6-16(14)25-19/h5-6,11H,7-10,12H2,1-4H3. The quantitative estimate of drug-likeness (QED) is 0.750. The molecule has 3 rings (SSSR count). The lowest BCUT2D eigenvalue weighted by atomic mass is 9.88. The van der Waals surface area contributed by atoms with Crippen molar-refractivity contribution < 1.29 is 19.1 Å². The van der Waals surface area contributed by atoms with Crippen LogP contribution >= 0.6 is 11.8 Å². The van der Waals surface area contributed by atoms with E-state index in [0.717, 1.165) is 23.3 Å². The van der Waals surface area contributed by atoms with Crippen LogP contribution in [0.5, 0.6) is 5.75 Å². The van der Waals surface area contributed by atoms with Gasteiger partial charge in [0, 0.05) is 34.7 Å². The van der Waals surface area contributed by atoms with Gasteiger partial charge in [0.1, 0.15) is 11.4 Å². The van der Waals surface area contributed by atoms with Gasteiger partial charge in [0.05, 0.1) is 7.11 Å². The van der Waals surface area contributed by atoms with E-state index in [9.17, 15) is 9.59 Å². The molecule has 0 N–H and O–H groups in total. The fourth-order valence-electron chi connectivity index (χ4n) is 3.30. The van der Waals surface area contributed by atoms with Crippen LogP contribution in [-0.2, 0) is 4.74 Å². The maximum absolute atomic E-state index is 12.7. The molecule has 0 unspecified atom stereocenters. The Labute approximate surface area is 153 Å². The Bertz CT molecular complexity index is 687. The first-order valence-electron chi connectivity index (χ1n) is 8.60. The molecule has 0 bridgehead atoms. The number of ketones is 1. The summed E-state index contributed by atoms with van der Waals surface area (Å²) < 4.78 is 10.6. The second kappa shape index (κ2) is 6.56. The second-order valence-electron chi connectivity index (χ2n) is 7.71. The normalized spacial score (nSPS) is 19.5. The predicted molar refractivity (Wildman–Crippen MR) is 97.6 cm³/mol. The minimum Gasteiger partial charge on any atom is -0.497 e. The van der Waals surface area contributed by atoms with Crippen molar-refractivity contribution in [2.45, 2.75) is 55.3 Å². The van der Waals surface area contributed by atoms with Gasteiger partial charge in [-0.25, -0.2) is 4.79 Å². The van der Waals surface area contributed by atoms with Gasteiger partial charge in [0.2, 0.25) is 0 Å². The van der Waals surface area contributed by atoms with Gasteiger partial charge in [-0.2, -0.15) is 0 Å². The Kier molecular flexibility index (Phi) is 4.75. The smallest absolute Gasteiger partial charge is 0.410 e. The summed E-state index contributed by atoms with van der Waals surface area (Å²) in [5, 5.41) is 0. The van der Waals surface area contributed by atoms with Gasteiger partial charge in [-0.3, -0.25) is 4.79 Å². The highest BCUT2D eigenvalue weighted by Crippen LogP contribution is 2.49. The summed E-state index contributed by atoms with van der Waals surface area (Å²) in [6.45, 7) is 6.87. The molecule has 2 aliphatic heterocycles. The number of carbonyl (C=O) groups is 2. The van der Waals surface area contributed by atoms with Gasteiger partial charge >= 0.3 is 6.09 Å². The predicted octanol–water partition coefficient (Wildman–Crippen LogP) is 4.14. The number of carbonyl (C=O) groups excluding carboxylic acids is 2. The van der Waals surface area contributed by atoms with Crippen LogP contribution in [0.25, 0.3) is 0 Å². The number of nitrogens with zero attached hydrogens (tertiary/aromatic N) is 1. The number of benzene rings is 1. The maximum atomic E-state index is 12.7. The van der Waals surface area contributed by atoms with E-state index in [2.05, 4.69) is 0 Å². The van der Waals surface area contributed by atoms with Crippen LogP contribution in [0.15, 0.2) is 23.1 Å². The molecule has 25 heavy (non-hydrogen) atoms. The number of likely N-dealkylation sites (tertiary alicyclic amines) is 1. The Hall–Kier alpha value is -1.69. The highest BCUT2D eigenvalue weighted by Gasteiger charge is 2.43. The molecule has 1 spiro atoms. The molecule has 2 heterocycles. The van der Waals surface area contributed by atoms with Gasteiger partial charge in [-0.15, -0.1) is 11.8 Å². The number of methoxy groups -OCH3 is 1. The van der Waals surface area contributed by atoms with Gasteiger partial charge in [0.25, 0.3) is 0 Å². The molecule has 1 saturated heterocycles. The average molecular weight is 363 g/mol. The van der Waals surface area contributed by atoms with E-state index in [0.29, 0.717) is 25.3 Å². The molecule has 0 saturated carbocycles. The highest BCUT2D eigenvalue weighted by atomic mass is 32.2. The molecule has 2 aliphatic rings. The van der Waals surface area contributed by atoms with Crippen LogP contribution in [0.1, 0.15) is 50.4 Å². The van der Waals surface area contributed by atoms with E-state index in [4.69, 9.17) is 9.47 Å². The van der Waals surface area contributed by atoms with Crippen LogP contribution in [0.4, 0.5) is 4.79 Å². The van der Waals surface area contributed by atoms with Crippen LogP contribution < -0.4 is 4.74 Å². The lowest BCUT2D eigenvalue weighted by molar-refractivity contribution is 0.0196. The van der Waals surface area contributed by atoms with Gasteiger partial charge in [0.15, 0.2) is 5.78 Å². The number of ether oxygens (including phenoxy) is 2. The molecule has 0 aromatic heterocycles. The Morgan fingerprint density at radius 2 is 1.92 bits per heavy atom. The first kappa shape index (κ1) is 18.1. The van der Waals surface area contributed by atoms with Crippen molar-refractivity contribution in [3.8, 4) is 5.75 Å². The Morgan fingerprint density at radius 1 is 1.24 bits per heavy atom. The van der Waals surface area contributed by atoms with Crippen molar-refractivity contribution in [3.05, 3.63) is 23.8 Å². The third-order valence-electron chi connectivity index (χ3n) is 4.62. The highest BCUT2D eigenvalue weighted by molar-refractivity contribution is 8.01. The van der Waals surface area contributed by atoms with E-state index < -0.39 is 5.60 Å². The lowest BCUT2D eigenvalue weighted by Gasteiger charge is -2.43. The molecule has 6 heteroatoms. The Morgan fingerprint density at radius 3 is 2.52 bits per heavy atom. The molecule has 0 radical (unpaired) electrons. The number of hydrogen-bond donors (Lipinski definition) is 0. The first-order valence-corrected chi connectivity index (χ1v) is 9.41. The number of amides is 1. The van der Waals surface area contributed by atoms with Crippen LogP contribution in [-0.4, -0.2) is 47.3 Å². The van der Waals surface area contributed by atoms with Crippen molar-refractivity contribution in [3.63, 3.8) is 0 Å². The summed E-state index contributed by atoms with van der Waals surface area (Å²) in [6, 6.07) is 5.69. The zero-order valence-electron chi connectivity index (χ0n) is 15.3. The van der Waals surface area contributed by atoms with Gasteiger partial charge in [-0.05, 0) is 51.8 Å². The molecule has 136 valence electrons. The van der Waals surface area contributed by atoms with E-state index in [1.54, 1.807) is 23.8 Å². The van der Waals surface area contributed by atoms with E-state index in [1.807, 2.05) is 39.0 Å². The molecule has 0 atom stereocenters. The average Bonchev–Trinajstić information content (AvgIpc) is 2.53. The zero-order valence-corrected chi connectivity index (χ0v) is 16.1. The third-order valence-corrected chi connectivity index (χ3v) is 6.18. The minimum absolute atomic E-state index is 0.114. The number of piperidine rings is 1. The Balaban J connectivity index is 1.69. The van der Waals surface area contributed by atoms with Gasteiger partial charge < -0.3 is 14.4 Å². The molecular formula is C19H25NO4S. The number of hydrogen-bond acceptors (Lipinski definition) is 5. The van der Waals surface area contributed by atoms with Crippen molar-refractivity contribution in [1.29, 1.82) is 0 Å². The summed E-state index contributed by atoms with van der Waals surface area (Å²) in [4.78, 5) is 27.7. The molecule has 1 fully saturated rings. The van der Waals surface area contributed by atoms with Crippen LogP contribution in [0.3, 0.4) is 0 Å². The van der Waals surface area contributed by atoms with E-state index in [1.165, 1.54) is 0 Å². The summed E-state index contributed by atoms with van der Waals surface area (Å²) >= 11 is 1.77. The first-order chi connectivity index (χ1) is 11.7. The SMILES string of the molecule is COc1ccc2c(c1)C(=O)CC1(CCN(C(=O)OC(C)(C)C)CC1)S2. The van der Waals surface area contributed by atoms with Crippen molar-refractivity contribution in [2.24, 2.45) is 0 Å². The number of fused-ring (bicyclic) bond motifs is 1. The number of thioether (sulfide) groups is 1. The monoisotopic (exact) mass is 363 g/mol. The van der Waals surface area contributed by atoms with Crippen LogP contribution in [0.2, 0.25) is 0 Å². The summed E-state index contributed by atoms with van der Waals surface area (Å²) in [6.07, 6.45) is 1.85. The fourth-order valence-corrected chi connectivity index (χ4v) is 4.78. The minimum atomic E-state index is -0.486. The molecule has 5 nitrogen and oxygen atoms in total. The third kappa shape index (κ3) is 3.94. The lowest BCUT2D eigenvalue weighted by Crippen LogP contribution is -2.48. The molecular weight excluding hydrogens is 338 g/mol. The topological polar surface area (TPSA) is 55.8 Å². The zero-order chi connectivity index (χ0) is 18.2. The molecule has 1 aromatic carbocycles. The summed E-state index contributed by atoms with van der Waals surface area (Å²) in [7, 11) is 1.61. The van der Waals surface area contributed by atoms with Crippen LogP contribution in [0, 0.1) is 0 Å². The van der Waals surface area contributed by atoms with Crippen molar-refractivity contribution >= 4 is 23.6 Å². The molecule has 0 aliphatic carbocycles. The van der Waals surface area contributed by atoms with E-state index >= 15 is 0 Å². The summed E-state index contributed by atoms with van der Waals surface area (Å²) in [5.74, 6) is 0.877. The van der Waals surface area contributed by atoms with Gasteiger partial charge in [-0.1, -0.05) is 0 Å². The molecule has 1 amide bonds. The van der Waals surface area contributed by atoms with Crippen molar-refractivity contribution in [2.75, 3.05) is 20.2 Å².